The molecule has 0 aliphatic rings. The van der Waals surface area contributed by atoms with Crippen molar-refractivity contribution in [2.45, 2.75) is 0 Å². The van der Waals surface area contributed by atoms with Gasteiger partial charge in [-0.05, 0) is 135 Å². The molecule has 0 aliphatic heterocycles. The Morgan fingerprint density at radius 1 is 0.209 bits per heavy atom. The van der Waals surface area contributed by atoms with Crippen molar-refractivity contribution in [2.75, 3.05) is 4.90 Å². The summed E-state index contributed by atoms with van der Waals surface area (Å²) < 4.78 is 0. The second-order valence-electron chi connectivity index (χ2n) is 17.5. The summed E-state index contributed by atoms with van der Waals surface area (Å²) in [6.07, 6.45) is 0. The molecular weight excluding hydrogens is 807 g/mol. The quantitative estimate of drug-likeness (QED) is 0.144. The molecule has 0 bridgehead atoms. The Bertz CT molecular complexity index is 4020. The van der Waals surface area contributed by atoms with Gasteiger partial charge < -0.3 is 4.90 Å². The summed E-state index contributed by atoms with van der Waals surface area (Å²) in [6.45, 7) is 0. The Balaban J connectivity index is 1.05. The molecule has 13 rings (SSSR count). The van der Waals surface area contributed by atoms with Crippen LogP contribution in [0.3, 0.4) is 0 Å². The maximum atomic E-state index is 2.48. The zero-order valence-electron chi connectivity index (χ0n) is 36.8. The topological polar surface area (TPSA) is 3.24 Å². The number of nitrogens with zero attached hydrogens (tertiary/aromatic N) is 1. The summed E-state index contributed by atoms with van der Waals surface area (Å²) in [7, 11) is 0. The fourth-order valence-corrected chi connectivity index (χ4v) is 10.8. The minimum absolute atomic E-state index is 1.09. The summed E-state index contributed by atoms with van der Waals surface area (Å²) in [4.78, 5) is 2.48. The van der Waals surface area contributed by atoms with Crippen LogP contribution in [0.2, 0.25) is 0 Å². The molecule has 0 fully saturated rings. The summed E-state index contributed by atoms with van der Waals surface area (Å²) in [5.74, 6) is 0. The number of rotatable bonds is 7. The number of hydrogen-bond donors (Lipinski definition) is 0. The lowest BCUT2D eigenvalue weighted by molar-refractivity contribution is 1.30. The Labute approximate surface area is 390 Å². The summed E-state index contributed by atoms with van der Waals surface area (Å²) >= 11 is 0. The van der Waals surface area contributed by atoms with Crippen molar-refractivity contribution in [1.29, 1.82) is 0 Å². The molecule has 0 amide bonds. The fourth-order valence-electron chi connectivity index (χ4n) is 10.8. The van der Waals surface area contributed by atoms with Gasteiger partial charge in [-0.15, -0.1) is 0 Å². The molecule has 1 nitrogen and oxygen atoms in total. The van der Waals surface area contributed by atoms with Crippen LogP contribution in [0.4, 0.5) is 17.1 Å². The molecule has 0 unspecified atom stereocenters. The largest absolute Gasteiger partial charge is 0.309 e. The number of hydrogen-bond acceptors (Lipinski definition) is 1. The van der Waals surface area contributed by atoms with Gasteiger partial charge in [0.25, 0.3) is 0 Å². The summed E-state index contributed by atoms with van der Waals surface area (Å²) in [5.41, 5.74) is 13.0. The maximum absolute atomic E-state index is 2.48. The minimum atomic E-state index is 1.09. The molecule has 67 heavy (non-hydrogen) atoms. The predicted octanol–water partition coefficient (Wildman–Crippen LogP) is 18.7. The number of anilines is 3. The SMILES string of the molecule is c1ccc(-c2c(-c3ccccc3)c3cc(-c4ccccc4N(c4ccc(-c5cc6ccccc6c6ccccc56)cc4)c4cccc5c4ccc4ccccc45)ccc3c3ccccc23)cc1. The fraction of sp³-hybridized carbons (Fsp3) is 0. The van der Waals surface area contributed by atoms with Crippen molar-refractivity contribution < 1.29 is 0 Å². The predicted molar refractivity (Wildman–Crippen MR) is 288 cm³/mol. The smallest absolute Gasteiger partial charge is 0.0540 e. The lowest BCUT2D eigenvalue weighted by atomic mass is 9.84. The Morgan fingerprint density at radius 3 is 1.42 bits per heavy atom. The number of para-hydroxylation sites is 1. The molecule has 0 heterocycles. The molecular formula is C66H43N. The standard InChI is InChI=1S/C66H43N/c1-3-19-46(20-4-1)65-60-30-14-13-28-56(60)58-40-37-49(43-62(58)66(65)47-21-5-2-6-22-47)53-26-15-16-32-63(53)67(64-33-17-31-55-51-24-9-7-18-44(51)36-41-59(55)64)50-38-34-45(35-39-50)61-42-48-23-8-10-25-52(48)54-27-11-12-29-57(54)61/h1-43H. The van der Waals surface area contributed by atoms with E-state index < -0.39 is 0 Å². The highest BCUT2D eigenvalue weighted by Gasteiger charge is 2.23. The maximum Gasteiger partial charge on any atom is 0.0540 e. The minimum Gasteiger partial charge on any atom is -0.309 e. The van der Waals surface area contributed by atoms with Crippen LogP contribution in [0.1, 0.15) is 0 Å². The average Bonchev–Trinajstić information content (AvgIpc) is 3.41. The summed E-state index contributed by atoms with van der Waals surface area (Å²) in [6, 6.07) is 96.0. The highest BCUT2D eigenvalue weighted by molar-refractivity contribution is 6.22. The third kappa shape index (κ3) is 6.47. The Morgan fingerprint density at radius 2 is 0.687 bits per heavy atom. The van der Waals surface area contributed by atoms with Crippen LogP contribution in [-0.2, 0) is 0 Å². The van der Waals surface area contributed by atoms with Gasteiger partial charge in [-0.2, -0.15) is 0 Å². The van der Waals surface area contributed by atoms with E-state index in [4.69, 9.17) is 0 Å². The first kappa shape index (κ1) is 38.7. The highest BCUT2D eigenvalue weighted by Crippen LogP contribution is 2.49. The first-order valence-corrected chi connectivity index (χ1v) is 23.2. The van der Waals surface area contributed by atoms with Crippen molar-refractivity contribution >= 4 is 81.7 Å². The molecule has 312 valence electrons. The van der Waals surface area contributed by atoms with Gasteiger partial charge in [0.15, 0.2) is 0 Å². The van der Waals surface area contributed by atoms with Gasteiger partial charge >= 0.3 is 0 Å². The monoisotopic (exact) mass is 849 g/mol. The molecule has 0 N–H and O–H groups in total. The summed E-state index contributed by atoms with van der Waals surface area (Å²) in [5, 5.41) is 14.9. The van der Waals surface area contributed by atoms with Gasteiger partial charge in [-0.3, -0.25) is 0 Å². The van der Waals surface area contributed by atoms with Gasteiger partial charge in [0, 0.05) is 16.6 Å². The van der Waals surface area contributed by atoms with Gasteiger partial charge in [-0.1, -0.05) is 224 Å². The van der Waals surface area contributed by atoms with Crippen molar-refractivity contribution in [3.63, 3.8) is 0 Å². The van der Waals surface area contributed by atoms with E-state index in [2.05, 4.69) is 266 Å². The van der Waals surface area contributed by atoms with E-state index in [0.29, 0.717) is 0 Å². The lowest BCUT2D eigenvalue weighted by Gasteiger charge is -2.29. The normalized spacial score (nSPS) is 11.6. The van der Waals surface area contributed by atoms with E-state index in [9.17, 15) is 0 Å². The van der Waals surface area contributed by atoms with E-state index in [0.717, 1.165) is 28.2 Å². The van der Waals surface area contributed by atoms with E-state index in [1.807, 2.05) is 0 Å². The van der Waals surface area contributed by atoms with E-state index in [1.165, 1.54) is 98.0 Å². The highest BCUT2D eigenvalue weighted by atomic mass is 15.1. The zero-order valence-corrected chi connectivity index (χ0v) is 36.8. The van der Waals surface area contributed by atoms with Crippen LogP contribution in [0.5, 0.6) is 0 Å². The molecule has 0 saturated heterocycles. The van der Waals surface area contributed by atoms with Gasteiger partial charge in [0.2, 0.25) is 0 Å². The Kier molecular flexibility index (Phi) is 9.25. The molecule has 0 saturated carbocycles. The first-order valence-electron chi connectivity index (χ1n) is 23.2. The average molecular weight is 850 g/mol. The third-order valence-corrected chi connectivity index (χ3v) is 13.8. The van der Waals surface area contributed by atoms with Crippen LogP contribution in [0, 0.1) is 0 Å². The number of fused-ring (bicyclic) bond motifs is 9. The van der Waals surface area contributed by atoms with Gasteiger partial charge in [0.1, 0.15) is 0 Å². The molecule has 0 atom stereocenters. The van der Waals surface area contributed by atoms with E-state index in [1.54, 1.807) is 0 Å². The van der Waals surface area contributed by atoms with Crippen LogP contribution < -0.4 is 4.90 Å². The van der Waals surface area contributed by atoms with Gasteiger partial charge in [-0.25, -0.2) is 0 Å². The van der Waals surface area contributed by atoms with Crippen molar-refractivity contribution in [1.82, 2.24) is 0 Å². The van der Waals surface area contributed by atoms with Crippen LogP contribution in [-0.4, -0.2) is 0 Å². The Hall–Kier alpha value is -8.78. The molecule has 13 aromatic rings. The van der Waals surface area contributed by atoms with Crippen molar-refractivity contribution in [2.24, 2.45) is 0 Å². The van der Waals surface area contributed by atoms with Gasteiger partial charge in [0.05, 0.1) is 11.4 Å². The molecule has 13 aromatic carbocycles. The van der Waals surface area contributed by atoms with Crippen molar-refractivity contribution in [3.05, 3.63) is 261 Å². The van der Waals surface area contributed by atoms with Crippen molar-refractivity contribution in [3.8, 4) is 44.5 Å². The van der Waals surface area contributed by atoms with Crippen LogP contribution in [0.15, 0.2) is 261 Å². The molecule has 0 spiro atoms. The lowest BCUT2D eigenvalue weighted by Crippen LogP contribution is -2.11. The molecule has 0 aliphatic carbocycles. The third-order valence-electron chi connectivity index (χ3n) is 13.8. The van der Waals surface area contributed by atoms with Crippen LogP contribution in [0.25, 0.3) is 109 Å². The second-order valence-corrected chi connectivity index (χ2v) is 17.5. The van der Waals surface area contributed by atoms with E-state index >= 15 is 0 Å². The van der Waals surface area contributed by atoms with Crippen LogP contribution >= 0.6 is 0 Å². The zero-order chi connectivity index (χ0) is 44.3. The first-order chi connectivity index (χ1) is 33.3. The number of benzene rings is 13. The molecule has 0 aromatic heterocycles. The van der Waals surface area contributed by atoms with E-state index in [-0.39, 0.29) is 0 Å². The molecule has 0 radical (unpaired) electrons. The second kappa shape index (κ2) is 16.0. The molecule has 1 heteroatoms.